The van der Waals surface area contributed by atoms with Crippen LogP contribution in [0.2, 0.25) is 0 Å². The van der Waals surface area contributed by atoms with Crippen molar-refractivity contribution in [3.63, 3.8) is 0 Å². The van der Waals surface area contributed by atoms with E-state index in [1.807, 2.05) is 96.4 Å². The lowest BCUT2D eigenvalue weighted by molar-refractivity contribution is -0.113. The third-order valence-corrected chi connectivity index (χ3v) is 5.85. The van der Waals surface area contributed by atoms with E-state index >= 15 is 0 Å². The Hall–Kier alpha value is -3.58. The summed E-state index contributed by atoms with van der Waals surface area (Å²) < 4.78 is 2.02. The van der Waals surface area contributed by atoms with Gasteiger partial charge in [0.1, 0.15) is 5.82 Å². The highest BCUT2D eigenvalue weighted by atomic mass is 32.2. The van der Waals surface area contributed by atoms with Crippen LogP contribution in [0.5, 0.6) is 0 Å². The van der Waals surface area contributed by atoms with Gasteiger partial charge in [-0.25, -0.2) is 0 Å². The zero-order chi connectivity index (χ0) is 22.3. The van der Waals surface area contributed by atoms with Crippen LogP contribution in [0, 0.1) is 0 Å². The molecule has 0 atom stereocenters. The summed E-state index contributed by atoms with van der Waals surface area (Å²) in [4.78, 5) is 14.6. The van der Waals surface area contributed by atoms with Crippen LogP contribution in [0.4, 0.5) is 11.4 Å². The summed E-state index contributed by atoms with van der Waals surface area (Å²) in [5.74, 6) is 0.996. The average molecular weight is 444 g/mol. The number of hydrogen-bond acceptors (Lipinski definition) is 5. The molecular weight excluding hydrogens is 418 g/mol. The normalized spacial score (nSPS) is 10.7. The first kappa shape index (κ1) is 21.6. The SMILES string of the molecule is CN(C)c1ccc(NC(=O)CSc2nnc(Cc3ccccc3)n2-c2ccccc2)cc1. The highest BCUT2D eigenvalue weighted by Gasteiger charge is 2.16. The predicted molar refractivity (Wildman–Crippen MR) is 131 cm³/mol. The minimum absolute atomic E-state index is 0.0835. The van der Waals surface area contributed by atoms with Gasteiger partial charge in [-0.15, -0.1) is 10.2 Å². The molecule has 0 unspecified atom stereocenters. The van der Waals surface area contributed by atoms with Gasteiger partial charge in [-0.2, -0.15) is 0 Å². The van der Waals surface area contributed by atoms with Crippen LogP contribution < -0.4 is 10.2 Å². The summed E-state index contributed by atoms with van der Waals surface area (Å²) in [6.07, 6.45) is 0.660. The highest BCUT2D eigenvalue weighted by Crippen LogP contribution is 2.24. The second kappa shape index (κ2) is 10.2. The fraction of sp³-hybridized carbons (Fsp3) is 0.160. The van der Waals surface area contributed by atoms with Crippen molar-refractivity contribution < 1.29 is 4.79 Å². The largest absolute Gasteiger partial charge is 0.378 e. The van der Waals surface area contributed by atoms with Crippen LogP contribution in [-0.2, 0) is 11.2 Å². The van der Waals surface area contributed by atoms with E-state index in [0.717, 1.165) is 28.5 Å². The van der Waals surface area contributed by atoms with E-state index < -0.39 is 0 Å². The van der Waals surface area contributed by atoms with Crippen molar-refractivity contribution in [1.29, 1.82) is 0 Å². The minimum atomic E-state index is -0.0835. The van der Waals surface area contributed by atoms with Gasteiger partial charge in [0.25, 0.3) is 0 Å². The number of nitrogens with one attached hydrogen (secondary N) is 1. The summed E-state index contributed by atoms with van der Waals surface area (Å²) in [5.41, 5.74) is 3.99. The van der Waals surface area contributed by atoms with Gasteiger partial charge in [0.2, 0.25) is 5.91 Å². The summed E-state index contributed by atoms with van der Waals surface area (Å²) in [6, 6.07) is 27.9. The zero-order valence-corrected chi connectivity index (χ0v) is 18.9. The molecule has 7 heteroatoms. The van der Waals surface area contributed by atoms with E-state index in [0.29, 0.717) is 11.6 Å². The van der Waals surface area contributed by atoms with Crippen molar-refractivity contribution in [3.05, 3.63) is 96.3 Å². The molecule has 3 aromatic carbocycles. The number of carbonyl (C=O) groups is 1. The molecule has 0 aliphatic carbocycles. The third-order valence-electron chi connectivity index (χ3n) is 4.92. The molecule has 0 aliphatic heterocycles. The van der Waals surface area contributed by atoms with Gasteiger partial charge < -0.3 is 10.2 Å². The number of amides is 1. The first-order valence-corrected chi connectivity index (χ1v) is 11.3. The van der Waals surface area contributed by atoms with Crippen LogP contribution in [0.25, 0.3) is 5.69 Å². The van der Waals surface area contributed by atoms with Gasteiger partial charge >= 0.3 is 0 Å². The molecule has 0 fully saturated rings. The Labute approximate surface area is 192 Å². The van der Waals surface area contributed by atoms with Crippen molar-refractivity contribution in [2.24, 2.45) is 0 Å². The molecule has 1 heterocycles. The standard InChI is InChI=1S/C25H25N5OS/c1-29(2)21-15-13-20(14-16-21)26-24(31)18-32-25-28-27-23(17-19-9-5-3-6-10-19)30(25)22-11-7-4-8-12-22/h3-16H,17-18H2,1-2H3,(H,26,31). The van der Waals surface area contributed by atoms with E-state index in [1.54, 1.807) is 0 Å². The first-order valence-electron chi connectivity index (χ1n) is 10.3. The number of hydrogen-bond donors (Lipinski definition) is 1. The Morgan fingerprint density at radius 3 is 2.22 bits per heavy atom. The van der Waals surface area contributed by atoms with E-state index in [4.69, 9.17) is 0 Å². The zero-order valence-electron chi connectivity index (χ0n) is 18.1. The number of thioether (sulfide) groups is 1. The number of carbonyl (C=O) groups excluding carboxylic acids is 1. The van der Waals surface area contributed by atoms with Gasteiger partial charge in [0.15, 0.2) is 5.16 Å². The molecule has 4 rings (SSSR count). The maximum absolute atomic E-state index is 12.6. The number of aromatic nitrogens is 3. The van der Waals surface area contributed by atoms with Gasteiger partial charge in [0.05, 0.1) is 5.75 Å². The van der Waals surface area contributed by atoms with Gasteiger partial charge in [0, 0.05) is 37.6 Å². The van der Waals surface area contributed by atoms with Crippen molar-refractivity contribution in [3.8, 4) is 5.69 Å². The minimum Gasteiger partial charge on any atom is -0.378 e. The summed E-state index contributed by atoms with van der Waals surface area (Å²) in [6.45, 7) is 0. The molecule has 0 aliphatic rings. The van der Waals surface area contributed by atoms with Crippen molar-refractivity contribution >= 4 is 29.0 Å². The number of benzene rings is 3. The molecule has 0 radical (unpaired) electrons. The number of anilines is 2. The van der Waals surface area contributed by atoms with Crippen molar-refractivity contribution in [2.75, 3.05) is 30.1 Å². The lowest BCUT2D eigenvalue weighted by atomic mass is 10.1. The molecule has 1 aromatic heterocycles. The second-order valence-corrected chi connectivity index (χ2v) is 8.45. The second-order valence-electron chi connectivity index (χ2n) is 7.51. The average Bonchev–Trinajstić information content (AvgIpc) is 3.21. The summed E-state index contributed by atoms with van der Waals surface area (Å²) in [7, 11) is 3.97. The lowest BCUT2D eigenvalue weighted by Gasteiger charge is -2.13. The monoisotopic (exact) mass is 443 g/mol. The fourth-order valence-corrected chi connectivity index (χ4v) is 4.06. The summed E-state index contributed by atoms with van der Waals surface area (Å²) >= 11 is 1.38. The number of para-hydroxylation sites is 1. The quantitative estimate of drug-likeness (QED) is 0.402. The summed E-state index contributed by atoms with van der Waals surface area (Å²) in [5, 5.41) is 12.5. The molecule has 1 amide bonds. The number of rotatable bonds is 8. The molecule has 0 spiro atoms. The highest BCUT2D eigenvalue weighted by molar-refractivity contribution is 7.99. The predicted octanol–water partition coefficient (Wildman–Crippen LogP) is 4.65. The van der Waals surface area contributed by atoms with E-state index in [-0.39, 0.29) is 11.7 Å². The molecule has 0 saturated carbocycles. The Bertz CT molecular complexity index is 1160. The Balaban J connectivity index is 1.48. The van der Waals surface area contributed by atoms with Crippen LogP contribution in [-0.4, -0.2) is 40.5 Å². The van der Waals surface area contributed by atoms with Crippen LogP contribution in [0.1, 0.15) is 11.4 Å². The molecule has 1 N–H and O–H groups in total. The smallest absolute Gasteiger partial charge is 0.234 e. The molecule has 162 valence electrons. The van der Waals surface area contributed by atoms with Crippen molar-refractivity contribution in [1.82, 2.24) is 14.8 Å². The first-order chi connectivity index (χ1) is 15.6. The Morgan fingerprint density at radius 2 is 1.56 bits per heavy atom. The maximum Gasteiger partial charge on any atom is 0.234 e. The third kappa shape index (κ3) is 5.36. The topological polar surface area (TPSA) is 63.1 Å². The van der Waals surface area contributed by atoms with Crippen LogP contribution >= 0.6 is 11.8 Å². The lowest BCUT2D eigenvalue weighted by Crippen LogP contribution is -2.15. The van der Waals surface area contributed by atoms with E-state index in [9.17, 15) is 4.79 Å². The van der Waals surface area contributed by atoms with Gasteiger partial charge in [-0.3, -0.25) is 9.36 Å². The molecular formula is C25H25N5OS. The van der Waals surface area contributed by atoms with Crippen LogP contribution in [0.3, 0.4) is 0 Å². The molecule has 0 bridgehead atoms. The maximum atomic E-state index is 12.6. The van der Waals surface area contributed by atoms with Gasteiger partial charge in [-0.1, -0.05) is 60.3 Å². The van der Waals surface area contributed by atoms with E-state index in [1.165, 1.54) is 11.8 Å². The van der Waals surface area contributed by atoms with Crippen molar-refractivity contribution in [2.45, 2.75) is 11.6 Å². The van der Waals surface area contributed by atoms with E-state index in [2.05, 4.69) is 27.6 Å². The molecule has 32 heavy (non-hydrogen) atoms. The van der Waals surface area contributed by atoms with Crippen LogP contribution in [0.15, 0.2) is 90.1 Å². The van der Waals surface area contributed by atoms with Gasteiger partial charge in [-0.05, 0) is 42.0 Å². The molecule has 6 nitrogen and oxygen atoms in total. The fourth-order valence-electron chi connectivity index (χ4n) is 3.29. The Morgan fingerprint density at radius 1 is 0.906 bits per heavy atom. The molecule has 0 saturated heterocycles. The number of nitrogens with zero attached hydrogens (tertiary/aromatic N) is 4. The molecule has 4 aromatic rings. The Kier molecular flexibility index (Phi) is 6.87.